The Morgan fingerprint density at radius 2 is 1.72 bits per heavy atom. The van der Waals surface area contributed by atoms with E-state index in [9.17, 15) is 9.59 Å². The molecule has 0 aromatic heterocycles. The molecular formula is C23H26N2O4. The first-order chi connectivity index (χ1) is 14.1. The van der Waals surface area contributed by atoms with Crippen LogP contribution in [0.15, 0.2) is 54.2 Å². The molecule has 1 heterocycles. The fraction of sp³-hybridized carbons (Fsp3) is 0.304. The molecule has 0 spiro atoms. The summed E-state index contributed by atoms with van der Waals surface area (Å²) < 4.78 is 10.6. The first kappa shape index (κ1) is 20.6. The highest BCUT2D eigenvalue weighted by molar-refractivity contribution is 6.36. The van der Waals surface area contributed by atoms with Gasteiger partial charge in [0.2, 0.25) is 0 Å². The first-order valence-corrected chi connectivity index (χ1v) is 9.72. The van der Waals surface area contributed by atoms with Gasteiger partial charge in [-0.25, -0.2) is 0 Å². The molecule has 152 valence electrons. The molecule has 0 aliphatic carbocycles. The number of para-hydroxylation sites is 1. The fourth-order valence-electron chi connectivity index (χ4n) is 3.26. The lowest BCUT2D eigenvalue weighted by atomic mass is 10.0. The number of methoxy groups -OCH3 is 1. The molecule has 1 aliphatic rings. The molecule has 2 aromatic carbocycles. The van der Waals surface area contributed by atoms with Gasteiger partial charge < -0.3 is 14.8 Å². The number of nitrogens with one attached hydrogen (secondary N) is 1. The fourth-order valence-corrected chi connectivity index (χ4v) is 3.26. The maximum atomic E-state index is 13.1. The number of rotatable bonds is 9. The van der Waals surface area contributed by atoms with E-state index in [0.29, 0.717) is 43.0 Å². The van der Waals surface area contributed by atoms with E-state index in [-0.39, 0.29) is 11.8 Å². The number of hydrogen-bond acceptors (Lipinski definition) is 5. The first-order valence-electron chi connectivity index (χ1n) is 9.72. The van der Waals surface area contributed by atoms with Crippen molar-refractivity contribution in [3.8, 4) is 5.75 Å². The number of aryl methyl sites for hydroxylation is 1. The lowest BCUT2D eigenvalue weighted by Crippen LogP contribution is -2.33. The molecule has 0 saturated carbocycles. The third kappa shape index (κ3) is 4.49. The van der Waals surface area contributed by atoms with Crippen LogP contribution in [0.2, 0.25) is 0 Å². The van der Waals surface area contributed by atoms with Crippen molar-refractivity contribution in [1.82, 2.24) is 4.90 Å². The minimum absolute atomic E-state index is 0.297. The Balaban J connectivity index is 1.98. The summed E-state index contributed by atoms with van der Waals surface area (Å²) in [6.45, 7) is 5.22. The summed E-state index contributed by atoms with van der Waals surface area (Å²) in [5, 5.41) is 3.20. The van der Waals surface area contributed by atoms with Crippen LogP contribution in [-0.2, 0) is 14.3 Å². The van der Waals surface area contributed by atoms with E-state index in [0.717, 1.165) is 17.0 Å². The van der Waals surface area contributed by atoms with E-state index in [2.05, 4.69) is 5.32 Å². The lowest BCUT2D eigenvalue weighted by molar-refractivity contribution is -0.136. The van der Waals surface area contributed by atoms with Crippen LogP contribution < -0.4 is 10.1 Å². The maximum Gasteiger partial charge on any atom is 0.278 e. The van der Waals surface area contributed by atoms with Gasteiger partial charge >= 0.3 is 0 Å². The zero-order valence-corrected chi connectivity index (χ0v) is 17.0. The van der Waals surface area contributed by atoms with Crippen LogP contribution in [0, 0.1) is 6.92 Å². The molecule has 29 heavy (non-hydrogen) atoms. The lowest BCUT2D eigenvalue weighted by Gasteiger charge is -2.15. The molecule has 6 nitrogen and oxygen atoms in total. The Kier molecular flexibility index (Phi) is 6.67. The Hall–Kier alpha value is -3.12. The van der Waals surface area contributed by atoms with Crippen LogP contribution in [0.25, 0.3) is 5.57 Å². The summed E-state index contributed by atoms with van der Waals surface area (Å²) in [5.41, 5.74) is 3.14. The van der Waals surface area contributed by atoms with E-state index in [1.165, 1.54) is 4.90 Å². The third-order valence-electron chi connectivity index (χ3n) is 4.76. The van der Waals surface area contributed by atoms with Crippen LogP contribution in [0.3, 0.4) is 0 Å². The summed E-state index contributed by atoms with van der Waals surface area (Å²) >= 11 is 0. The van der Waals surface area contributed by atoms with Crippen molar-refractivity contribution < 1.29 is 19.1 Å². The van der Waals surface area contributed by atoms with Crippen molar-refractivity contribution in [2.24, 2.45) is 0 Å². The van der Waals surface area contributed by atoms with E-state index in [1.54, 1.807) is 7.11 Å². The third-order valence-corrected chi connectivity index (χ3v) is 4.76. The number of imide groups is 1. The molecule has 1 N–H and O–H groups in total. The summed E-state index contributed by atoms with van der Waals surface area (Å²) in [4.78, 5) is 27.5. The Bertz CT molecular complexity index is 919. The molecule has 3 rings (SSSR count). The largest absolute Gasteiger partial charge is 0.494 e. The van der Waals surface area contributed by atoms with Gasteiger partial charge in [-0.15, -0.1) is 0 Å². The number of ether oxygens (including phenoxy) is 2. The van der Waals surface area contributed by atoms with Gasteiger partial charge in [0, 0.05) is 25.9 Å². The normalized spacial score (nSPS) is 14.0. The summed E-state index contributed by atoms with van der Waals surface area (Å²) in [7, 11) is 1.60. The van der Waals surface area contributed by atoms with E-state index < -0.39 is 0 Å². The second-order valence-corrected chi connectivity index (χ2v) is 6.76. The van der Waals surface area contributed by atoms with Gasteiger partial charge in [-0.05, 0) is 49.6 Å². The molecule has 0 atom stereocenters. The summed E-state index contributed by atoms with van der Waals surface area (Å²) in [6.07, 6.45) is 0.585. The van der Waals surface area contributed by atoms with Crippen molar-refractivity contribution in [2.45, 2.75) is 20.3 Å². The quantitative estimate of drug-likeness (QED) is 0.520. The Morgan fingerprint density at radius 3 is 2.38 bits per heavy atom. The number of nitrogens with zero attached hydrogens (tertiary/aromatic N) is 1. The predicted molar refractivity (Wildman–Crippen MR) is 113 cm³/mol. The molecule has 0 saturated heterocycles. The van der Waals surface area contributed by atoms with Gasteiger partial charge in [0.25, 0.3) is 11.8 Å². The maximum absolute atomic E-state index is 13.1. The van der Waals surface area contributed by atoms with Gasteiger partial charge in [0.05, 0.1) is 12.2 Å². The highest BCUT2D eigenvalue weighted by Gasteiger charge is 2.38. The van der Waals surface area contributed by atoms with Crippen molar-refractivity contribution in [1.29, 1.82) is 0 Å². The summed E-state index contributed by atoms with van der Waals surface area (Å²) in [5.74, 6) is 0.101. The highest BCUT2D eigenvalue weighted by atomic mass is 16.5. The second kappa shape index (κ2) is 9.39. The molecule has 0 fully saturated rings. The van der Waals surface area contributed by atoms with Gasteiger partial charge in [-0.1, -0.05) is 30.3 Å². The molecule has 2 amide bonds. The van der Waals surface area contributed by atoms with Crippen LogP contribution in [0.4, 0.5) is 5.69 Å². The summed E-state index contributed by atoms with van der Waals surface area (Å²) in [6, 6.07) is 14.9. The SMILES string of the molecule is CCOc1ccc(C2=C(Nc3ccccc3C)C(=O)N(CCCOC)C2=O)cc1. The molecule has 6 heteroatoms. The van der Waals surface area contributed by atoms with Crippen LogP contribution in [0.1, 0.15) is 24.5 Å². The molecule has 1 aliphatic heterocycles. The molecule has 0 radical (unpaired) electrons. The minimum Gasteiger partial charge on any atom is -0.494 e. The molecule has 0 unspecified atom stereocenters. The number of hydrogen-bond donors (Lipinski definition) is 1. The van der Waals surface area contributed by atoms with E-state index in [4.69, 9.17) is 9.47 Å². The van der Waals surface area contributed by atoms with Gasteiger partial charge in [-0.3, -0.25) is 14.5 Å². The number of amides is 2. The Morgan fingerprint density at radius 1 is 1.00 bits per heavy atom. The average Bonchev–Trinajstić information content (AvgIpc) is 2.95. The average molecular weight is 394 g/mol. The Labute approximate surface area is 171 Å². The van der Waals surface area contributed by atoms with Crippen LogP contribution >= 0.6 is 0 Å². The topological polar surface area (TPSA) is 67.9 Å². The van der Waals surface area contributed by atoms with Gasteiger partial charge in [0.15, 0.2) is 0 Å². The number of carbonyl (C=O) groups is 2. The molecular weight excluding hydrogens is 368 g/mol. The van der Waals surface area contributed by atoms with Crippen LogP contribution in [-0.4, -0.2) is 43.6 Å². The molecule has 2 aromatic rings. The predicted octanol–water partition coefficient (Wildman–Crippen LogP) is 3.62. The second-order valence-electron chi connectivity index (χ2n) is 6.76. The zero-order chi connectivity index (χ0) is 20.8. The van der Waals surface area contributed by atoms with Crippen molar-refractivity contribution in [3.63, 3.8) is 0 Å². The highest BCUT2D eigenvalue weighted by Crippen LogP contribution is 2.32. The number of carbonyl (C=O) groups excluding carboxylic acids is 2. The van der Waals surface area contributed by atoms with E-state index in [1.807, 2.05) is 62.4 Å². The monoisotopic (exact) mass is 394 g/mol. The van der Waals surface area contributed by atoms with Crippen molar-refractivity contribution >= 4 is 23.1 Å². The van der Waals surface area contributed by atoms with Gasteiger partial charge in [-0.2, -0.15) is 0 Å². The smallest absolute Gasteiger partial charge is 0.278 e. The van der Waals surface area contributed by atoms with Crippen molar-refractivity contribution in [3.05, 3.63) is 65.4 Å². The minimum atomic E-state index is -0.321. The number of benzene rings is 2. The van der Waals surface area contributed by atoms with E-state index >= 15 is 0 Å². The number of anilines is 1. The molecule has 0 bridgehead atoms. The van der Waals surface area contributed by atoms with Crippen molar-refractivity contribution in [2.75, 3.05) is 32.2 Å². The zero-order valence-electron chi connectivity index (χ0n) is 17.0. The standard InChI is InChI=1S/C23H26N2O4/c1-4-29-18-12-10-17(11-13-18)20-21(24-19-9-6-5-8-16(19)2)23(27)25(22(20)26)14-7-15-28-3/h5-6,8-13,24H,4,7,14-15H2,1-3H3. The van der Waals surface area contributed by atoms with Crippen LogP contribution in [0.5, 0.6) is 5.75 Å². The van der Waals surface area contributed by atoms with Gasteiger partial charge in [0.1, 0.15) is 11.4 Å².